The van der Waals surface area contributed by atoms with Crippen LogP contribution in [0.3, 0.4) is 0 Å². The van der Waals surface area contributed by atoms with Crippen LogP contribution in [0, 0.1) is 0 Å². The quantitative estimate of drug-likeness (QED) is 0.732. The van der Waals surface area contributed by atoms with Gasteiger partial charge in [0.25, 0.3) is 0 Å². The standard InChI is InChI=1S/C17H14N2O/c1-19-11-10-18-16(19)17(20)14-8-4-2-6-12(14)13-7-3-5-9-15(13)17/h2-11,20H,1H3. The van der Waals surface area contributed by atoms with Crippen molar-refractivity contribution < 1.29 is 5.11 Å². The molecule has 3 nitrogen and oxygen atoms in total. The minimum absolute atomic E-state index is 0.648. The van der Waals surface area contributed by atoms with Crippen LogP contribution < -0.4 is 0 Å². The normalized spacial score (nSPS) is 14.9. The molecule has 3 heteroatoms. The summed E-state index contributed by atoms with van der Waals surface area (Å²) in [5, 5.41) is 11.5. The SMILES string of the molecule is Cn1ccnc1C1(O)c2ccccc2-c2ccccc21. The summed E-state index contributed by atoms with van der Waals surface area (Å²) in [6, 6.07) is 16.0. The van der Waals surface area contributed by atoms with Gasteiger partial charge in [0.15, 0.2) is 5.60 Å². The highest BCUT2D eigenvalue weighted by molar-refractivity contribution is 5.81. The Morgan fingerprint density at radius 3 is 2.00 bits per heavy atom. The molecule has 0 saturated heterocycles. The number of rotatable bonds is 1. The van der Waals surface area contributed by atoms with Gasteiger partial charge in [0.2, 0.25) is 0 Å². The maximum absolute atomic E-state index is 11.5. The summed E-state index contributed by atoms with van der Waals surface area (Å²) in [6.07, 6.45) is 3.58. The van der Waals surface area contributed by atoms with Gasteiger partial charge >= 0.3 is 0 Å². The molecule has 0 aliphatic heterocycles. The van der Waals surface area contributed by atoms with Gasteiger partial charge in [-0.15, -0.1) is 0 Å². The number of fused-ring (bicyclic) bond motifs is 3. The van der Waals surface area contributed by atoms with Crippen molar-refractivity contribution in [2.45, 2.75) is 5.60 Å². The molecule has 98 valence electrons. The fraction of sp³-hybridized carbons (Fsp3) is 0.118. The van der Waals surface area contributed by atoms with E-state index in [0.717, 1.165) is 22.3 Å². The van der Waals surface area contributed by atoms with Gasteiger partial charge in [-0.05, 0) is 11.1 Å². The van der Waals surface area contributed by atoms with E-state index in [9.17, 15) is 5.11 Å². The number of nitrogens with zero attached hydrogens (tertiary/aromatic N) is 2. The molecule has 0 unspecified atom stereocenters. The smallest absolute Gasteiger partial charge is 0.174 e. The molecule has 1 aliphatic rings. The Kier molecular flexibility index (Phi) is 2.18. The molecule has 3 aromatic rings. The van der Waals surface area contributed by atoms with Gasteiger partial charge in [-0.1, -0.05) is 48.5 Å². The van der Waals surface area contributed by atoms with Crippen molar-refractivity contribution in [2.24, 2.45) is 7.05 Å². The molecule has 0 saturated carbocycles. The number of benzene rings is 2. The molecule has 0 bridgehead atoms. The minimum Gasteiger partial charge on any atom is -0.373 e. The van der Waals surface area contributed by atoms with Gasteiger partial charge < -0.3 is 9.67 Å². The zero-order valence-electron chi connectivity index (χ0n) is 11.1. The number of hydrogen-bond acceptors (Lipinski definition) is 2. The molecule has 1 N–H and O–H groups in total. The van der Waals surface area contributed by atoms with E-state index in [1.54, 1.807) is 6.20 Å². The highest BCUT2D eigenvalue weighted by Gasteiger charge is 2.45. The van der Waals surface area contributed by atoms with Gasteiger partial charge in [-0.2, -0.15) is 0 Å². The van der Waals surface area contributed by atoms with Crippen LogP contribution in [-0.4, -0.2) is 14.7 Å². The lowest BCUT2D eigenvalue weighted by atomic mass is 9.90. The molecule has 20 heavy (non-hydrogen) atoms. The number of hydrogen-bond donors (Lipinski definition) is 1. The second-order valence-corrected chi connectivity index (χ2v) is 5.16. The van der Waals surface area contributed by atoms with E-state index in [0.29, 0.717) is 5.82 Å². The topological polar surface area (TPSA) is 38.0 Å². The van der Waals surface area contributed by atoms with Crippen LogP contribution >= 0.6 is 0 Å². The Hall–Kier alpha value is -2.39. The molecular weight excluding hydrogens is 248 g/mol. The fourth-order valence-electron chi connectivity index (χ4n) is 3.17. The lowest BCUT2D eigenvalue weighted by Gasteiger charge is -2.25. The Bertz CT molecular complexity index is 759. The first-order valence-corrected chi connectivity index (χ1v) is 6.62. The van der Waals surface area contributed by atoms with Crippen LogP contribution in [0.2, 0.25) is 0 Å². The summed E-state index contributed by atoms with van der Waals surface area (Å²) in [5.41, 5.74) is 2.78. The number of aliphatic hydroxyl groups is 1. The molecule has 0 fully saturated rings. The first-order valence-electron chi connectivity index (χ1n) is 6.62. The van der Waals surface area contributed by atoms with Crippen molar-refractivity contribution >= 4 is 0 Å². The molecule has 1 heterocycles. The summed E-state index contributed by atoms with van der Waals surface area (Å²) in [6.45, 7) is 0. The maximum atomic E-state index is 11.5. The Balaban J connectivity index is 2.13. The van der Waals surface area contributed by atoms with Gasteiger partial charge in [0, 0.05) is 30.6 Å². The number of aromatic nitrogens is 2. The molecule has 1 aromatic heterocycles. The van der Waals surface area contributed by atoms with E-state index in [1.165, 1.54) is 0 Å². The van der Waals surface area contributed by atoms with Crippen molar-refractivity contribution in [3.8, 4) is 11.1 Å². The second-order valence-electron chi connectivity index (χ2n) is 5.16. The van der Waals surface area contributed by atoms with Crippen LogP contribution in [0.25, 0.3) is 11.1 Å². The van der Waals surface area contributed by atoms with E-state index in [4.69, 9.17) is 0 Å². The summed E-state index contributed by atoms with van der Waals surface area (Å²) in [7, 11) is 1.91. The van der Waals surface area contributed by atoms with Crippen molar-refractivity contribution in [2.75, 3.05) is 0 Å². The summed E-state index contributed by atoms with van der Waals surface area (Å²) < 4.78 is 1.87. The molecule has 0 atom stereocenters. The van der Waals surface area contributed by atoms with Gasteiger partial charge in [0.1, 0.15) is 5.82 Å². The van der Waals surface area contributed by atoms with Crippen molar-refractivity contribution in [1.29, 1.82) is 0 Å². The summed E-state index contributed by atoms with van der Waals surface area (Å²) >= 11 is 0. The zero-order valence-corrected chi connectivity index (χ0v) is 11.1. The Morgan fingerprint density at radius 1 is 0.950 bits per heavy atom. The minimum atomic E-state index is -1.18. The van der Waals surface area contributed by atoms with Crippen molar-refractivity contribution in [3.05, 3.63) is 77.9 Å². The monoisotopic (exact) mass is 262 g/mol. The second kappa shape index (κ2) is 3.81. The third kappa shape index (κ3) is 1.25. The predicted octanol–water partition coefficient (Wildman–Crippen LogP) is 2.68. The average molecular weight is 262 g/mol. The first kappa shape index (κ1) is 11.4. The van der Waals surface area contributed by atoms with Crippen LogP contribution in [0.1, 0.15) is 17.0 Å². The Labute approximate surface area is 117 Å². The number of aryl methyl sites for hydroxylation is 1. The first-order chi connectivity index (χ1) is 9.73. The Morgan fingerprint density at radius 2 is 1.50 bits per heavy atom. The molecule has 1 aliphatic carbocycles. The largest absolute Gasteiger partial charge is 0.373 e. The predicted molar refractivity (Wildman–Crippen MR) is 77.2 cm³/mol. The van der Waals surface area contributed by atoms with Gasteiger partial charge in [-0.3, -0.25) is 0 Å². The van der Waals surface area contributed by atoms with Crippen molar-refractivity contribution in [3.63, 3.8) is 0 Å². The molecule has 0 amide bonds. The molecule has 2 aromatic carbocycles. The lowest BCUT2D eigenvalue weighted by molar-refractivity contribution is 0.117. The zero-order chi connectivity index (χ0) is 13.7. The lowest BCUT2D eigenvalue weighted by Crippen LogP contribution is -2.29. The molecular formula is C17H14N2O. The van der Waals surface area contributed by atoms with E-state index in [2.05, 4.69) is 17.1 Å². The maximum Gasteiger partial charge on any atom is 0.174 e. The molecule has 4 rings (SSSR count). The molecule has 0 spiro atoms. The third-order valence-corrected chi connectivity index (χ3v) is 4.07. The summed E-state index contributed by atoms with van der Waals surface area (Å²) in [5.74, 6) is 0.648. The van der Waals surface area contributed by atoms with Crippen LogP contribution in [0.4, 0.5) is 0 Å². The van der Waals surface area contributed by atoms with Gasteiger partial charge in [-0.25, -0.2) is 4.98 Å². The fourth-order valence-corrected chi connectivity index (χ4v) is 3.17. The number of imidazole rings is 1. The van der Waals surface area contributed by atoms with Crippen LogP contribution in [0.15, 0.2) is 60.9 Å². The van der Waals surface area contributed by atoms with E-state index >= 15 is 0 Å². The summed E-state index contributed by atoms with van der Waals surface area (Å²) in [4.78, 5) is 4.38. The van der Waals surface area contributed by atoms with E-state index in [-0.39, 0.29) is 0 Å². The van der Waals surface area contributed by atoms with Gasteiger partial charge in [0.05, 0.1) is 0 Å². The van der Waals surface area contributed by atoms with Crippen LogP contribution in [0.5, 0.6) is 0 Å². The third-order valence-electron chi connectivity index (χ3n) is 4.07. The average Bonchev–Trinajstić information content (AvgIpc) is 3.02. The highest BCUT2D eigenvalue weighted by atomic mass is 16.3. The van der Waals surface area contributed by atoms with Crippen molar-refractivity contribution in [1.82, 2.24) is 9.55 Å². The highest BCUT2D eigenvalue weighted by Crippen LogP contribution is 2.49. The van der Waals surface area contributed by atoms with E-state index in [1.807, 2.05) is 54.2 Å². The van der Waals surface area contributed by atoms with Crippen LogP contribution in [-0.2, 0) is 12.6 Å². The molecule has 0 radical (unpaired) electrons. The van der Waals surface area contributed by atoms with E-state index < -0.39 is 5.60 Å².